The third-order valence-corrected chi connectivity index (χ3v) is 3.21. The number of pyridine rings is 1. The summed E-state index contributed by atoms with van der Waals surface area (Å²) in [6.07, 6.45) is 2.38. The number of hydrogen-bond acceptors (Lipinski definition) is 3. The Bertz CT molecular complexity index is 814. The number of amides is 1. The van der Waals surface area contributed by atoms with Gasteiger partial charge in [0.05, 0.1) is 17.5 Å². The lowest BCUT2D eigenvalue weighted by Crippen LogP contribution is -2.16. The lowest BCUT2D eigenvalue weighted by Gasteiger charge is -2.05. The lowest BCUT2D eigenvalue weighted by molar-refractivity contribution is 0.102. The maximum absolute atomic E-state index is 13.6. The van der Waals surface area contributed by atoms with Crippen molar-refractivity contribution in [3.63, 3.8) is 0 Å². The number of aryl methyl sites for hydroxylation is 1. The molecular formula is C16H13FN4O. The van der Waals surface area contributed by atoms with Crippen molar-refractivity contribution in [1.82, 2.24) is 14.8 Å². The molecule has 0 aliphatic carbocycles. The molecule has 3 aromatic rings. The summed E-state index contributed by atoms with van der Waals surface area (Å²) in [7, 11) is 1.71. The summed E-state index contributed by atoms with van der Waals surface area (Å²) >= 11 is 0. The van der Waals surface area contributed by atoms with Gasteiger partial charge in [-0.3, -0.25) is 14.5 Å². The highest BCUT2D eigenvalue weighted by Crippen LogP contribution is 2.21. The maximum Gasteiger partial charge on any atom is 0.259 e. The largest absolute Gasteiger partial charge is 0.307 e. The first-order valence-electron chi connectivity index (χ1n) is 6.65. The number of carbonyl (C=O) groups is 1. The fraction of sp³-hybridized carbons (Fsp3) is 0.0625. The zero-order chi connectivity index (χ0) is 15.5. The van der Waals surface area contributed by atoms with Gasteiger partial charge in [-0.1, -0.05) is 30.3 Å². The summed E-state index contributed by atoms with van der Waals surface area (Å²) in [5, 5.41) is 7.00. The van der Waals surface area contributed by atoms with E-state index in [4.69, 9.17) is 0 Å². The van der Waals surface area contributed by atoms with Crippen molar-refractivity contribution >= 4 is 11.7 Å². The number of halogens is 1. The first kappa shape index (κ1) is 13.9. The van der Waals surface area contributed by atoms with Gasteiger partial charge in [-0.25, -0.2) is 4.39 Å². The molecule has 5 nitrogen and oxygen atoms in total. The highest BCUT2D eigenvalue weighted by Gasteiger charge is 2.14. The van der Waals surface area contributed by atoms with Gasteiger partial charge in [-0.15, -0.1) is 0 Å². The molecule has 6 heteroatoms. The molecular weight excluding hydrogens is 283 g/mol. The van der Waals surface area contributed by atoms with Gasteiger partial charge in [-0.05, 0) is 6.07 Å². The molecule has 0 atom stereocenters. The van der Waals surface area contributed by atoms with Crippen molar-refractivity contribution in [1.29, 1.82) is 0 Å². The Morgan fingerprint density at radius 1 is 1.23 bits per heavy atom. The molecule has 0 fully saturated rings. The molecule has 0 aliphatic rings. The Morgan fingerprint density at radius 3 is 2.73 bits per heavy atom. The Balaban J connectivity index is 1.86. The zero-order valence-electron chi connectivity index (χ0n) is 11.8. The van der Waals surface area contributed by atoms with E-state index in [0.29, 0.717) is 5.82 Å². The summed E-state index contributed by atoms with van der Waals surface area (Å²) in [5.41, 5.74) is 1.61. The normalized spacial score (nSPS) is 10.5. The quantitative estimate of drug-likeness (QED) is 0.808. The Kier molecular flexibility index (Phi) is 3.65. The van der Waals surface area contributed by atoms with Crippen LogP contribution in [-0.2, 0) is 7.05 Å². The average molecular weight is 296 g/mol. The minimum atomic E-state index is -0.662. The van der Waals surface area contributed by atoms with Crippen LogP contribution in [0.25, 0.3) is 11.3 Å². The highest BCUT2D eigenvalue weighted by molar-refractivity contribution is 6.04. The molecule has 1 aromatic carbocycles. The van der Waals surface area contributed by atoms with Crippen LogP contribution < -0.4 is 5.32 Å². The van der Waals surface area contributed by atoms with Gasteiger partial charge >= 0.3 is 0 Å². The van der Waals surface area contributed by atoms with Crippen LogP contribution in [0.15, 0.2) is 54.9 Å². The fourth-order valence-electron chi connectivity index (χ4n) is 2.08. The number of nitrogens with zero attached hydrogens (tertiary/aromatic N) is 3. The van der Waals surface area contributed by atoms with Crippen molar-refractivity contribution in [2.24, 2.45) is 7.05 Å². The number of hydrogen-bond donors (Lipinski definition) is 1. The standard InChI is InChI=1S/C16H13FN4O/c1-21-15(9-14(20-21)11-5-3-2-4-6-11)19-16(22)12-7-8-18-10-13(12)17/h2-10H,1H3,(H,19,22). The molecule has 3 rings (SSSR count). The number of carbonyl (C=O) groups excluding carboxylic acids is 1. The van der Waals surface area contributed by atoms with Gasteiger partial charge in [0.2, 0.25) is 0 Å². The smallest absolute Gasteiger partial charge is 0.259 e. The van der Waals surface area contributed by atoms with Crippen molar-refractivity contribution in [3.05, 3.63) is 66.2 Å². The number of anilines is 1. The Hall–Kier alpha value is -3.02. The SMILES string of the molecule is Cn1nc(-c2ccccc2)cc1NC(=O)c1ccncc1F. The van der Waals surface area contributed by atoms with Crippen LogP contribution in [0.4, 0.5) is 10.2 Å². The van der Waals surface area contributed by atoms with Crippen LogP contribution >= 0.6 is 0 Å². The van der Waals surface area contributed by atoms with Gasteiger partial charge in [0.1, 0.15) is 5.82 Å². The summed E-state index contributed by atoms with van der Waals surface area (Å²) in [4.78, 5) is 15.7. The van der Waals surface area contributed by atoms with Crippen LogP contribution in [0.1, 0.15) is 10.4 Å². The zero-order valence-corrected chi connectivity index (χ0v) is 11.8. The molecule has 110 valence electrons. The minimum absolute atomic E-state index is 0.0579. The maximum atomic E-state index is 13.6. The van der Waals surface area contributed by atoms with Crippen molar-refractivity contribution in [2.75, 3.05) is 5.32 Å². The summed E-state index contributed by atoms with van der Waals surface area (Å²) in [5.74, 6) is -0.715. The number of nitrogens with one attached hydrogen (secondary N) is 1. The van der Waals surface area contributed by atoms with Crippen molar-refractivity contribution in [2.45, 2.75) is 0 Å². The first-order valence-corrected chi connectivity index (χ1v) is 6.65. The van der Waals surface area contributed by atoms with Crippen LogP contribution in [0.5, 0.6) is 0 Å². The van der Waals surface area contributed by atoms with Gasteiger partial charge in [0.25, 0.3) is 5.91 Å². The molecule has 22 heavy (non-hydrogen) atoms. The van der Waals surface area contributed by atoms with Gasteiger partial charge in [0, 0.05) is 24.9 Å². The van der Waals surface area contributed by atoms with E-state index in [1.54, 1.807) is 17.8 Å². The topological polar surface area (TPSA) is 59.8 Å². The predicted octanol–water partition coefficient (Wildman–Crippen LogP) is 2.87. The van der Waals surface area contributed by atoms with E-state index in [0.717, 1.165) is 17.5 Å². The molecule has 1 N–H and O–H groups in total. The third-order valence-electron chi connectivity index (χ3n) is 3.21. The molecule has 0 unspecified atom stereocenters. The van der Waals surface area contributed by atoms with E-state index < -0.39 is 11.7 Å². The molecule has 0 aliphatic heterocycles. The lowest BCUT2D eigenvalue weighted by atomic mass is 10.1. The molecule has 0 spiro atoms. The van der Waals surface area contributed by atoms with E-state index in [1.165, 1.54) is 12.3 Å². The monoisotopic (exact) mass is 296 g/mol. The molecule has 0 radical (unpaired) electrons. The van der Waals surface area contributed by atoms with Gasteiger partial charge in [0.15, 0.2) is 5.82 Å². The van der Waals surface area contributed by atoms with E-state index in [-0.39, 0.29) is 5.56 Å². The van der Waals surface area contributed by atoms with Crippen LogP contribution in [0.3, 0.4) is 0 Å². The number of aromatic nitrogens is 3. The van der Waals surface area contributed by atoms with E-state index in [2.05, 4.69) is 15.4 Å². The van der Waals surface area contributed by atoms with E-state index in [1.807, 2.05) is 30.3 Å². The molecule has 1 amide bonds. The number of benzene rings is 1. The van der Waals surface area contributed by atoms with E-state index in [9.17, 15) is 9.18 Å². The summed E-state index contributed by atoms with van der Waals surface area (Å²) < 4.78 is 15.1. The van der Waals surface area contributed by atoms with Crippen LogP contribution in [0.2, 0.25) is 0 Å². The third kappa shape index (κ3) is 2.71. The molecule has 2 aromatic heterocycles. The molecule has 2 heterocycles. The average Bonchev–Trinajstić information content (AvgIpc) is 2.89. The first-order chi connectivity index (χ1) is 10.6. The second kappa shape index (κ2) is 5.77. The van der Waals surface area contributed by atoms with Crippen LogP contribution in [-0.4, -0.2) is 20.7 Å². The minimum Gasteiger partial charge on any atom is -0.307 e. The van der Waals surface area contributed by atoms with Gasteiger partial charge in [-0.2, -0.15) is 5.10 Å². The highest BCUT2D eigenvalue weighted by atomic mass is 19.1. The molecule has 0 saturated carbocycles. The Morgan fingerprint density at radius 2 is 2.00 bits per heavy atom. The fourth-order valence-corrected chi connectivity index (χ4v) is 2.08. The second-order valence-corrected chi connectivity index (χ2v) is 4.71. The predicted molar refractivity (Wildman–Crippen MR) is 80.8 cm³/mol. The number of rotatable bonds is 3. The second-order valence-electron chi connectivity index (χ2n) is 4.71. The summed E-state index contributed by atoms with van der Waals surface area (Å²) in [6, 6.07) is 12.7. The van der Waals surface area contributed by atoms with Crippen molar-refractivity contribution < 1.29 is 9.18 Å². The van der Waals surface area contributed by atoms with Crippen LogP contribution in [0, 0.1) is 5.82 Å². The van der Waals surface area contributed by atoms with E-state index >= 15 is 0 Å². The Labute approximate surface area is 126 Å². The van der Waals surface area contributed by atoms with Crippen molar-refractivity contribution in [3.8, 4) is 11.3 Å². The molecule has 0 bridgehead atoms. The summed E-state index contributed by atoms with van der Waals surface area (Å²) in [6.45, 7) is 0. The molecule has 0 saturated heterocycles. The van der Waals surface area contributed by atoms with Gasteiger partial charge < -0.3 is 5.32 Å².